The van der Waals surface area contributed by atoms with Gasteiger partial charge in [0.25, 0.3) is 5.56 Å². The second kappa shape index (κ2) is 6.76. The second-order valence-corrected chi connectivity index (χ2v) is 5.94. The van der Waals surface area contributed by atoms with E-state index < -0.39 is 0 Å². The predicted molar refractivity (Wildman–Crippen MR) is 98.5 cm³/mol. The molecule has 0 saturated carbocycles. The summed E-state index contributed by atoms with van der Waals surface area (Å²) in [6, 6.07) is 14.9. The van der Waals surface area contributed by atoms with Gasteiger partial charge >= 0.3 is 0 Å². The molecule has 0 saturated heterocycles. The first-order valence-electron chi connectivity index (χ1n) is 7.48. The highest BCUT2D eigenvalue weighted by molar-refractivity contribution is 6.30. The predicted octanol–water partition coefficient (Wildman–Crippen LogP) is 3.88. The number of nitrogens with zero attached hydrogens (tertiary/aromatic N) is 2. The largest absolute Gasteiger partial charge is 0.295 e. The first kappa shape index (κ1) is 16.1. The highest BCUT2D eigenvalue weighted by Crippen LogP contribution is 2.14. The van der Waals surface area contributed by atoms with Crippen LogP contribution in [0.4, 0.5) is 5.69 Å². The SMILES string of the molecule is Cc1ccc(-n2[nH]c(C)c(C=NNc3cccc(Cl)c3)c2=O)cc1. The van der Waals surface area contributed by atoms with Crippen LogP contribution in [0.2, 0.25) is 5.02 Å². The van der Waals surface area contributed by atoms with Crippen LogP contribution in [0.25, 0.3) is 5.69 Å². The minimum Gasteiger partial charge on any atom is -0.295 e. The van der Waals surface area contributed by atoms with Gasteiger partial charge in [-0.3, -0.25) is 15.3 Å². The minimum absolute atomic E-state index is 0.145. The summed E-state index contributed by atoms with van der Waals surface area (Å²) in [5, 5.41) is 7.82. The van der Waals surface area contributed by atoms with E-state index in [1.807, 2.05) is 50.2 Å². The monoisotopic (exact) mass is 340 g/mol. The number of anilines is 1. The molecule has 0 spiro atoms. The molecule has 1 heterocycles. The van der Waals surface area contributed by atoms with Gasteiger partial charge in [0.2, 0.25) is 0 Å². The summed E-state index contributed by atoms with van der Waals surface area (Å²) in [6.07, 6.45) is 1.51. The van der Waals surface area contributed by atoms with Crippen LogP contribution < -0.4 is 11.0 Å². The lowest BCUT2D eigenvalue weighted by Crippen LogP contribution is -2.17. The van der Waals surface area contributed by atoms with Crippen molar-refractivity contribution in [2.75, 3.05) is 5.43 Å². The Balaban J connectivity index is 1.85. The number of aryl methyl sites for hydroxylation is 2. The van der Waals surface area contributed by atoms with Crippen LogP contribution in [-0.2, 0) is 0 Å². The van der Waals surface area contributed by atoms with E-state index in [9.17, 15) is 4.79 Å². The molecule has 1 aromatic heterocycles. The molecule has 0 unspecified atom stereocenters. The number of hydrogen-bond donors (Lipinski definition) is 2. The molecular weight excluding hydrogens is 324 g/mol. The lowest BCUT2D eigenvalue weighted by Gasteiger charge is -2.01. The summed E-state index contributed by atoms with van der Waals surface area (Å²) in [6.45, 7) is 3.85. The number of aromatic nitrogens is 2. The molecule has 5 nitrogen and oxygen atoms in total. The number of rotatable bonds is 4. The third-order valence-electron chi connectivity index (χ3n) is 3.62. The van der Waals surface area contributed by atoms with Crippen molar-refractivity contribution < 1.29 is 0 Å². The summed E-state index contributed by atoms with van der Waals surface area (Å²) in [5.74, 6) is 0. The van der Waals surface area contributed by atoms with Gasteiger partial charge in [-0.15, -0.1) is 0 Å². The van der Waals surface area contributed by atoms with Crippen molar-refractivity contribution in [2.45, 2.75) is 13.8 Å². The number of halogens is 1. The normalized spacial score (nSPS) is 11.1. The van der Waals surface area contributed by atoms with Gasteiger partial charge in [-0.1, -0.05) is 35.4 Å². The van der Waals surface area contributed by atoms with Gasteiger partial charge in [0.1, 0.15) is 0 Å². The molecule has 6 heteroatoms. The van der Waals surface area contributed by atoms with Crippen molar-refractivity contribution in [1.82, 2.24) is 9.78 Å². The molecule has 0 fully saturated rings. The Labute approximate surface area is 144 Å². The van der Waals surface area contributed by atoms with E-state index in [0.717, 1.165) is 22.6 Å². The zero-order chi connectivity index (χ0) is 17.1. The lowest BCUT2D eigenvalue weighted by molar-refractivity contribution is 0.835. The van der Waals surface area contributed by atoms with Crippen molar-refractivity contribution in [3.8, 4) is 5.69 Å². The topological polar surface area (TPSA) is 62.2 Å². The first-order chi connectivity index (χ1) is 11.5. The maximum Gasteiger partial charge on any atom is 0.280 e. The van der Waals surface area contributed by atoms with E-state index in [2.05, 4.69) is 15.6 Å². The third kappa shape index (κ3) is 3.41. The minimum atomic E-state index is -0.145. The fraction of sp³-hybridized carbons (Fsp3) is 0.111. The fourth-order valence-corrected chi connectivity index (χ4v) is 2.51. The highest BCUT2D eigenvalue weighted by Gasteiger charge is 2.10. The van der Waals surface area contributed by atoms with Crippen molar-refractivity contribution in [3.63, 3.8) is 0 Å². The highest BCUT2D eigenvalue weighted by atomic mass is 35.5. The number of nitrogens with one attached hydrogen (secondary N) is 2. The van der Waals surface area contributed by atoms with Gasteiger partial charge in [0, 0.05) is 10.7 Å². The van der Waals surface area contributed by atoms with Crippen LogP contribution in [0.3, 0.4) is 0 Å². The Bertz CT molecular complexity index is 938. The molecule has 2 N–H and O–H groups in total. The molecular formula is C18H17ClN4O. The molecule has 3 aromatic rings. The molecule has 24 heavy (non-hydrogen) atoms. The average Bonchev–Trinajstić information content (AvgIpc) is 2.84. The summed E-state index contributed by atoms with van der Waals surface area (Å²) in [5.41, 5.74) is 6.66. The van der Waals surface area contributed by atoms with Crippen LogP contribution in [0.1, 0.15) is 16.8 Å². The molecule has 3 rings (SSSR count). The quantitative estimate of drug-likeness (QED) is 0.559. The third-order valence-corrected chi connectivity index (χ3v) is 3.86. The first-order valence-corrected chi connectivity index (χ1v) is 7.86. The van der Waals surface area contributed by atoms with E-state index in [1.54, 1.807) is 12.1 Å². The Morgan fingerprint density at radius 1 is 1.17 bits per heavy atom. The van der Waals surface area contributed by atoms with Crippen LogP contribution in [0.5, 0.6) is 0 Å². The molecule has 122 valence electrons. The summed E-state index contributed by atoms with van der Waals surface area (Å²) < 4.78 is 1.51. The molecule has 2 aromatic carbocycles. The Morgan fingerprint density at radius 3 is 2.62 bits per heavy atom. The van der Waals surface area contributed by atoms with E-state index >= 15 is 0 Å². The zero-order valence-electron chi connectivity index (χ0n) is 13.4. The summed E-state index contributed by atoms with van der Waals surface area (Å²) in [4.78, 5) is 12.6. The van der Waals surface area contributed by atoms with Gasteiger partial charge in [-0.25, -0.2) is 4.68 Å². The number of benzene rings is 2. The maximum atomic E-state index is 12.6. The Hall–Kier alpha value is -2.79. The van der Waals surface area contributed by atoms with E-state index in [4.69, 9.17) is 11.6 Å². The molecule has 0 bridgehead atoms. The van der Waals surface area contributed by atoms with Crippen molar-refractivity contribution >= 4 is 23.5 Å². The van der Waals surface area contributed by atoms with Crippen LogP contribution in [0.15, 0.2) is 58.4 Å². The smallest absolute Gasteiger partial charge is 0.280 e. The van der Waals surface area contributed by atoms with Crippen molar-refractivity contribution in [3.05, 3.63) is 80.7 Å². The van der Waals surface area contributed by atoms with Gasteiger partial charge in [-0.2, -0.15) is 5.10 Å². The van der Waals surface area contributed by atoms with Gasteiger partial charge in [-0.05, 0) is 44.2 Å². The molecule has 0 radical (unpaired) electrons. The summed E-state index contributed by atoms with van der Waals surface area (Å²) in [7, 11) is 0. The number of hydrogen-bond acceptors (Lipinski definition) is 3. The van der Waals surface area contributed by atoms with Crippen LogP contribution >= 0.6 is 11.6 Å². The van der Waals surface area contributed by atoms with Gasteiger partial charge < -0.3 is 0 Å². The van der Waals surface area contributed by atoms with Crippen molar-refractivity contribution in [1.29, 1.82) is 0 Å². The summed E-state index contributed by atoms with van der Waals surface area (Å²) >= 11 is 5.92. The van der Waals surface area contributed by atoms with Crippen molar-refractivity contribution in [2.24, 2.45) is 5.10 Å². The molecule has 0 aliphatic rings. The van der Waals surface area contributed by atoms with Crippen LogP contribution in [-0.4, -0.2) is 16.0 Å². The molecule has 0 aliphatic carbocycles. The average molecular weight is 341 g/mol. The lowest BCUT2D eigenvalue weighted by atomic mass is 10.2. The Morgan fingerprint density at radius 2 is 1.92 bits per heavy atom. The molecule has 0 amide bonds. The standard InChI is InChI=1S/C18H17ClN4O/c1-12-6-8-16(9-7-12)23-18(24)17(13(2)22-23)11-20-21-15-5-3-4-14(19)10-15/h3-11,21-22H,1-2H3. The molecule has 0 aliphatic heterocycles. The van der Waals surface area contributed by atoms with Gasteiger partial charge in [0.05, 0.1) is 23.2 Å². The van der Waals surface area contributed by atoms with E-state index in [-0.39, 0.29) is 5.56 Å². The zero-order valence-corrected chi connectivity index (χ0v) is 14.1. The number of aromatic amines is 1. The number of hydrazone groups is 1. The molecule has 0 atom stereocenters. The van der Waals surface area contributed by atoms with E-state index in [0.29, 0.717) is 10.6 Å². The van der Waals surface area contributed by atoms with E-state index in [1.165, 1.54) is 10.9 Å². The van der Waals surface area contributed by atoms with Gasteiger partial charge in [0.15, 0.2) is 0 Å². The van der Waals surface area contributed by atoms with Crippen LogP contribution in [0, 0.1) is 13.8 Å². The fourth-order valence-electron chi connectivity index (χ4n) is 2.32. The second-order valence-electron chi connectivity index (χ2n) is 5.51. The Kier molecular flexibility index (Phi) is 4.53. The maximum absolute atomic E-state index is 12.6. The number of H-pyrrole nitrogens is 1.